The standard InChI is InChI=1S/C15H16F2O2/c1-19-8-6-11(16)14(12(17)7-8)15(18)13-9-4-2-3-5-10(9)13/h6-7,9-10,13H,2-5H2,1H3. The minimum absolute atomic E-state index is 0.0970. The maximum absolute atomic E-state index is 13.9. The molecular formula is C15H16F2O2. The summed E-state index contributed by atoms with van der Waals surface area (Å²) >= 11 is 0. The van der Waals surface area contributed by atoms with Crippen molar-refractivity contribution in [2.75, 3.05) is 7.11 Å². The molecule has 0 N–H and O–H groups in total. The van der Waals surface area contributed by atoms with Crippen LogP contribution in [0.3, 0.4) is 0 Å². The van der Waals surface area contributed by atoms with Gasteiger partial charge in [0.05, 0.1) is 12.7 Å². The zero-order valence-electron chi connectivity index (χ0n) is 10.8. The highest BCUT2D eigenvalue weighted by molar-refractivity contribution is 6.00. The lowest BCUT2D eigenvalue weighted by atomic mass is 10.0. The maximum atomic E-state index is 13.9. The molecule has 19 heavy (non-hydrogen) atoms. The Morgan fingerprint density at radius 3 is 2.16 bits per heavy atom. The molecule has 2 aliphatic rings. The van der Waals surface area contributed by atoms with E-state index in [-0.39, 0.29) is 23.0 Å². The van der Waals surface area contributed by atoms with Crippen LogP contribution in [0.25, 0.3) is 0 Å². The Balaban J connectivity index is 1.88. The van der Waals surface area contributed by atoms with Crippen LogP contribution in [0.15, 0.2) is 12.1 Å². The Kier molecular flexibility index (Phi) is 3.03. The second kappa shape index (κ2) is 4.58. The third-order valence-electron chi connectivity index (χ3n) is 4.46. The number of ether oxygens (including phenoxy) is 1. The van der Waals surface area contributed by atoms with Gasteiger partial charge in [-0.05, 0) is 24.7 Å². The number of hydrogen-bond donors (Lipinski definition) is 0. The molecule has 3 rings (SSSR count). The average molecular weight is 266 g/mol. The lowest BCUT2D eigenvalue weighted by Crippen LogP contribution is -2.10. The van der Waals surface area contributed by atoms with E-state index in [0.29, 0.717) is 11.8 Å². The van der Waals surface area contributed by atoms with Crippen LogP contribution in [0.4, 0.5) is 8.78 Å². The van der Waals surface area contributed by atoms with Crippen molar-refractivity contribution < 1.29 is 18.3 Å². The molecule has 0 aromatic heterocycles. The molecule has 2 nitrogen and oxygen atoms in total. The molecule has 0 heterocycles. The van der Waals surface area contributed by atoms with Crippen molar-refractivity contribution in [3.8, 4) is 5.75 Å². The largest absolute Gasteiger partial charge is 0.497 e. The van der Waals surface area contributed by atoms with E-state index < -0.39 is 11.6 Å². The van der Waals surface area contributed by atoms with Crippen molar-refractivity contribution in [2.24, 2.45) is 17.8 Å². The van der Waals surface area contributed by atoms with Crippen molar-refractivity contribution in [3.05, 3.63) is 29.3 Å². The normalized spacial score (nSPS) is 28.7. The van der Waals surface area contributed by atoms with Gasteiger partial charge in [0.25, 0.3) is 0 Å². The van der Waals surface area contributed by atoms with E-state index in [1.165, 1.54) is 7.11 Å². The van der Waals surface area contributed by atoms with Crippen molar-refractivity contribution in [3.63, 3.8) is 0 Å². The van der Waals surface area contributed by atoms with Gasteiger partial charge in [-0.3, -0.25) is 4.79 Å². The molecule has 2 fully saturated rings. The van der Waals surface area contributed by atoms with Gasteiger partial charge in [0.2, 0.25) is 0 Å². The van der Waals surface area contributed by atoms with Gasteiger partial charge < -0.3 is 4.74 Å². The highest BCUT2D eigenvalue weighted by atomic mass is 19.1. The molecule has 102 valence electrons. The predicted molar refractivity (Wildman–Crippen MR) is 66.2 cm³/mol. The second-order valence-electron chi connectivity index (χ2n) is 5.47. The molecule has 2 saturated carbocycles. The van der Waals surface area contributed by atoms with Gasteiger partial charge in [0.15, 0.2) is 5.78 Å². The molecule has 0 aliphatic heterocycles. The number of fused-ring (bicyclic) bond motifs is 1. The minimum Gasteiger partial charge on any atom is -0.497 e. The van der Waals surface area contributed by atoms with E-state index in [1.807, 2.05) is 0 Å². The van der Waals surface area contributed by atoms with E-state index >= 15 is 0 Å². The number of ketones is 1. The number of carbonyl (C=O) groups excluding carboxylic acids is 1. The zero-order chi connectivity index (χ0) is 13.6. The quantitative estimate of drug-likeness (QED) is 0.781. The van der Waals surface area contributed by atoms with Gasteiger partial charge >= 0.3 is 0 Å². The van der Waals surface area contributed by atoms with Gasteiger partial charge in [0.1, 0.15) is 17.4 Å². The summed E-state index contributed by atoms with van der Waals surface area (Å²) in [7, 11) is 1.34. The smallest absolute Gasteiger partial charge is 0.172 e. The minimum atomic E-state index is -0.814. The van der Waals surface area contributed by atoms with Crippen LogP contribution in [0.1, 0.15) is 36.0 Å². The van der Waals surface area contributed by atoms with E-state index in [9.17, 15) is 13.6 Å². The first-order chi connectivity index (χ1) is 9.13. The third-order valence-corrected chi connectivity index (χ3v) is 4.46. The van der Waals surface area contributed by atoms with Crippen LogP contribution in [-0.2, 0) is 0 Å². The molecule has 4 heteroatoms. The van der Waals surface area contributed by atoms with Gasteiger partial charge in [-0.2, -0.15) is 0 Å². The van der Waals surface area contributed by atoms with Crippen LogP contribution in [0.2, 0.25) is 0 Å². The number of benzene rings is 1. The highest BCUT2D eigenvalue weighted by Gasteiger charge is 2.55. The SMILES string of the molecule is COc1cc(F)c(C(=O)C2C3CCCCC32)c(F)c1. The summed E-state index contributed by atoms with van der Waals surface area (Å²) in [4.78, 5) is 12.3. The van der Waals surface area contributed by atoms with Crippen LogP contribution in [0.5, 0.6) is 5.75 Å². The summed E-state index contributed by atoms with van der Waals surface area (Å²) in [6, 6.07) is 2.14. The fourth-order valence-corrected chi connectivity index (χ4v) is 3.45. The number of methoxy groups -OCH3 is 1. The molecule has 0 amide bonds. The number of hydrogen-bond acceptors (Lipinski definition) is 2. The monoisotopic (exact) mass is 266 g/mol. The van der Waals surface area contributed by atoms with Crippen LogP contribution >= 0.6 is 0 Å². The number of Topliss-reactive ketones (excluding diaryl/α,β-unsaturated/α-hetero) is 1. The van der Waals surface area contributed by atoms with Crippen molar-refractivity contribution in [1.82, 2.24) is 0 Å². The Hall–Kier alpha value is -1.45. The summed E-state index contributed by atoms with van der Waals surface area (Å²) in [6.07, 6.45) is 4.28. The fraction of sp³-hybridized carbons (Fsp3) is 0.533. The fourth-order valence-electron chi connectivity index (χ4n) is 3.45. The van der Waals surface area contributed by atoms with Gasteiger partial charge in [-0.1, -0.05) is 12.8 Å². The van der Waals surface area contributed by atoms with E-state index in [0.717, 1.165) is 37.8 Å². The molecule has 2 aliphatic carbocycles. The Bertz CT molecular complexity index is 492. The average Bonchev–Trinajstić information content (AvgIpc) is 3.11. The van der Waals surface area contributed by atoms with Crippen LogP contribution in [-0.4, -0.2) is 12.9 Å². The second-order valence-corrected chi connectivity index (χ2v) is 5.47. The predicted octanol–water partition coefficient (Wildman–Crippen LogP) is 3.59. The van der Waals surface area contributed by atoms with Crippen LogP contribution < -0.4 is 4.74 Å². The molecule has 2 atom stereocenters. The van der Waals surface area contributed by atoms with E-state index in [4.69, 9.17) is 4.74 Å². The first-order valence-corrected chi connectivity index (χ1v) is 6.70. The summed E-state index contributed by atoms with van der Waals surface area (Å²) < 4.78 is 32.5. The third kappa shape index (κ3) is 2.03. The van der Waals surface area contributed by atoms with Crippen LogP contribution in [0, 0.1) is 29.4 Å². The molecular weight excluding hydrogens is 250 g/mol. The Morgan fingerprint density at radius 2 is 1.68 bits per heavy atom. The molecule has 1 aromatic carbocycles. The first-order valence-electron chi connectivity index (χ1n) is 6.70. The van der Waals surface area contributed by atoms with E-state index in [2.05, 4.69) is 0 Å². The molecule has 0 bridgehead atoms. The van der Waals surface area contributed by atoms with Crippen molar-refractivity contribution >= 4 is 5.78 Å². The molecule has 0 spiro atoms. The van der Waals surface area contributed by atoms with Gasteiger partial charge in [-0.25, -0.2) is 8.78 Å². The summed E-state index contributed by atoms with van der Waals surface area (Å²) in [5.41, 5.74) is -0.389. The van der Waals surface area contributed by atoms with Gasteiger partial charge in [0, 0.05) is 18.1 Å². The van der Waals surface area contributed by atoms with Crippen molar-refractivity contribution in [1.29, 1.82) is 0 Å². The summed E-state index contributed by atoms with van der Waals surface area (Å²) in [5.74, 6) is -1.37. The van der Waals surface area contributed by atoms with Gasteiger partial charge in [-0.15, -0.1) is 0 Å². The molecule has 0 saturated heterocycles. The number of halogens is 2. The Morgan fingerprint density at radius 1 is 1.16 bits per heavy atom. The van der Waals surface area contributed by atoms with Crippen molar-refractivity contribution in [2.45, 2.75) is 25.7 Å². The molecule has 0 radical (unpaired) electrons. The zero-order valence-corrected chi connectivity index (χ0v) is 10.8. The summed E-state index contributed by atoms with van der Waals surface area (Å²) in [6.45, 7) is 0. The molecule has 1 aromatic rings. The van der Waals surface area contributed by atoms with E-state index in [1.54, 1.807) is 0 Å². The topological polar surface area (TPSA) is 26.3 Å². The Labute approximate surface area is 110 Å². The number of rotatable bonds is 3. The molecule has 2 unspecified atom stereocenters. The lowest BCUT2D eigenvalue weighted by Gasteiger charge is -2.06. The highest BCUT2D eigenvalue weighted by Crippen LogP contribution is 2.56. The lowest BCUT2D eigenvalue weighted by molar-refractivity contribution is 0.0948. The number of carbonyl (C=O) groups is 1. The summed E-state index contributed by atoms with van der Waals surface area (Å²) in [5, 5.41) is 0. The maximum Gasteiger partial charge on any atom is 0.172 e. The first kappa shape index (κ1) is 12.6.